The highest BCUT2D eigenvalue weighted by molar-refractivity contribution is 6.30. The second kappa shape index (κ2) is 8.42. The number of pyridine rings is 1. The Morgan fingerprint density at radius 1 is 0.963 bits per heavy atom. The maximum absolute atomic E-state index is 12.3. The maximum atomic E-state index is 12.3. The van der Waals surface area contributed by atoms with E-state index in [1.807, 2.05) is 6.07 Å². The molecular weight excluding hydrogens is 366 g/mol. The first-order valence-corrected chi connectivity index (χ1v) is 8.49. The summed E-state index contributed by atoms with van der Waals surface area (Å²) in [5.41, 5.74) is 1.85. The van der Waals surface area contributed by atoms with Crippen molar-refractivity contribution in [1.82, 2.24) is 4.98 Å². The molecule has 0 saturated carbocycles. The summed E-state index contributed by atoms with van der Waals surface area (Å²) in [4.78, 5) is 16.6. The Kier molecular flexibility index (Phi) is 5.78. The molecule has 0 aliphatic heterocycles. The molecule has 0 saturated heterocycles. The van der Waals surface area contributed by atoms with Gasteiger partial charge in [0, 0.05) is 28.7 Å². The Balaban J connectivity index is 1.69. The topological polar surface area (TPSA) is 72.5 Å². The first-order valence-electron chi connectivity index (χ1n) is 8.11. The van der Waals surface area contributed by atoms with E-state index >= 15 is 0 Å². The molecule has 7 heteroatoms. The highest BCUT2D eigenvalue weighted by atomic mass is 35.5. The van der Waals surface area contributed by atoms with Crippen LogP contribution >= 0.6 is 11.6 Å². The van der Waals surface area contributed by atoms with Gasteiger partial charge in [-0.1, -0.05) is 17.7 Å². The van der Waals surface area contributed by atoms with Crippen molar-refractivity contribution in [2.75, 3.05) is 24.9 Å². The van der Waals surface area contributed by atoms with Gasteiger partial charge < -0.3 is 20.1 Å². The molecule has 0 bridgehead atoms. The Morgan fingerprint density at radius 3 is 2.44 bits per heavy atom. The fourth-order valence-corrected chi connectivity index (χ4v) is 2.62. The second-order valence-corrected chi connectivity index (χ2v) is 6.03. The van der Waals surface area contributed by atoms with E-state index in [4.69, 9.17) is 21.1 Å². The first kappa shape index (κ1) is 18.5. The molecule has 0 aliphatic rings. The molecule has 0 atom stereocenters. The third-order valence-electron chi connectivity index (χ3n) is 3.76. The van der Waals surface area contributed by atoms with Crippen molar-refractivity contribution in [3.8, 4) is 11.5 Å². The number of carbonyl (C=O) groups excluding carboxylic acids is 1. The number of aromatic nitrogens is 1. The van der Waals surface area contributed by atoms with E-state index in [-0.39, 0.29) is 5.91 Å². The summed E-state index contributed by atoms with van der Waals surface area (Å²) >= 11 is 5.92. The van der Waals surface area contributed by atoms with Gasteiger partial charge in [-0.25, -0.2) is 4.98 Å². The van der Waals surface area contributed by atoms with Gasteiger partial charge in [0.1, 0.15) is 5.82 Å². The van der Waals surface area contributed by atoms with E-state index in [1.54, 1.807) is 62.8 Å². The highest BCUT2D eigenvalue weighted by Crippen LogP contribution is 2.30. The Bertz CT molecular complexity index is 945. The molecule has 138 valence electrons. The number of ether oxygens (including phenoxy) is 2. The summed E-state index contributed by atoms with van der Waals surface area (Å²) in [6.45, 7) is 0. The molecule has 0 aliphatic carbocycles. The van der Waals surface area contributed by atoms with E-state index in [1.165, 1.54) is 6.20 Å². The van der Waals surface area contributed by atoms with Gasteiger partial charge in [0.2, 0.25) is 0 Å². The lowest BCUT2D eigenvalue weighted by Crippen LogP contribution is -2.12. The molecular formula is C20H18ClN3O3. The third kappa shape index (κ3) is 4.68. The lowest BCUT2D eigenvalue weighted by atomic mass is 10.2. The number of carbonyl (C=O) groups is 1. The number of hydrogen-bond acceptors (Lipinski definition) is 5. The van der Waals surface area contributed by atoms with Crippen LogP contribution in [0.5, 0.6) is 11.5 Å². The van der Waals surface area contributed by atoms with Gasteiger partial charge >= 0.3 is 0 Å². The standard InChI is InChI=1S/C20H18ClN3O3/c1-26-17-8-7-16(11-18(17)27-2)23-19-9-6-13(12-22-19)20(25)24-15-5-3-4-14(21)10-15/h3-12H,1-2H3,(H,22,23)(H,24,25). The normalized spacial score (nSPS) is 10.2. The van der Waals surface area contributed by atoms with Gasteiger partial charge in [0.15, 0.2) is 11.5 Å². The zero-order valence-electron chi connectivity index (χ0n) is 14.8. The fourth-order valence-electron chi connectivity index (χ4n) is 2.43. The number of rotatable bonds is 6. The van der Waals surface area contributed by atoms with Gasteiger partial charge in [-0.3, -0.25) is 4.79 Å². The monoisotopic (exact) mass is 383 g/mol. The number of nitrogens with one attached hydrogen (secondary N) is 2. The van der Waals surface area contributed by atoms with Gasteiger partial charge in [0.25, 0.3) is 5.91 Å². The number of anilines is 3. The van der Waals surface area contributed by atoms with Crippen LogP contribution in [0.3, 0.4) is 0 Å². The molecule has 6 nitrogen and oxygen atoms in total. The predicted molar refractivity (Wildman–Crippen MR) is 106 cm³/mol. The average molecular weight is 384 g/mol. The largest absolute Gasteiger partial charge is 0.493 e. The van der Waals surface area contributed by atoms with Crippen LogP contribution in [0.25, 0.3) is 0 Å². The minimum Gasteiger partial charge on any atom is -0.493 e. The summed E-state index contributed by atoms with van der Waals surface area (Å²) in [5, 5.41) is 6.50. The third-order valence-corrected chi connectivity index (χ3v) is 4.00. The van der Waals surface area contributed by atoms with E-state index in [0.717, 1.165) is 5.69 Å². The van der Waals surface area contributed by atoms with Gasteiger partial charge in [-0.2, -0.15) is 0 Å². The summed E-state index contributed by atoms with van der Waals surface area (Å²) in [6.07, 6.45) is 1.50. The van der Waals surface area contributed by atoms with Crippen LogP contribution < -0.4 is 20.1 Å². The molecule has 0 radical (unpaired) electrons. The lowest BCUT2D eigenvalue weighted by molar-refractivity contribution is 0.102. The summed E-state index contributed by atoms with van der Waals surface area (Å²) in [7, 11) is 3.16. The SMILES string of the molecule is COc1ccc(Nc2ccc(C(=O)Nc3cccc(Cl)c3)cn2)cc1OC. The van der Waals surface area contributed by atoms with Crippen LogP contribution in [0, 0.1) is 0 Å². The van der Waals surface area contributed by atoms with Crippen LogP contribution in [-0.4, -0.2) is 25.1 Å². The Hall–Kier alpha value is -3.25. The number of methoxy groups -OCH3 is 2. The molecule has 1 amide bonds. The van der Waals surface area contributed by atoms with E-state index in [2.05, 4.69) is 15.6 Å². The molecule has 0 unspecified atom stereocenters. The molecule has 0 spiro atoms. The van der Waals surface area contributed by atoms with Gasteiger partial charge in [-0.15, -0.1) is 0 Å². The predicted octanol–water partition coefficient (Wildman–Crippen LogP) is 4.75. The lowest BCUT2D eigenvalue weighted by Gasteiger charge is -2.11. The van der Waals surface area contributed by atoms with Crippen LogP contribution in [-0.2, 0) is 0 Å². The number of amides is 1. The minimum absolute atomic E-state index is 0.262. The van der Waals surface area contributed by atoms with Gasteiger partial charge in [-0.05, 0) is 42.5 Å². The van der Waals surface area contributed by atoms with Crippen LogP contribution in [0.4, 0.5) is 17.2 Å². The maximum Gasteiger partial charge on any atom is 0.257 e. The van der Waals surface area contributed by atoms with Crippen LogP contribution in [0.15, 0.2) is 60.8 Å². The van der Waals surface area contributed by atoms with Crippen LogP contribution in [0.2, 0.25) is 5.02 Å². The molecule has 3 aromatic rings. The van der Waals surface area contributed by atoms with Crippen molar-refractivity contribution in [3.63, 3.8) is 0 Å². The van der Waals surface area contributed by atoms with Gasteiger partial charge in [0.05, 0.1) is 19.8 Å². The summed E-state index contributed by atoms with van der Waals surface area (Å²) in [6, 6.07) is 15.8. The molecule has 2 N–H and O–H groups in total. The zero-order valence-corrected chi connectivity index (χ0v) is 15.6. The smallest absolute Gasteiger partial charge is 0.257 e. The molecule has 1 aromatic heterocycles. The van der Waals surface area contributed by atoms with Crippen molar-refractivity contribution >= 4 is 34.7 Å². The fraction of sp³-hybridized carbons (Fsp3) is 0.100. The Morgan fingerprint density at radius 2 is 1.78 bits per heavy atom. The van der Waals surface area contributed by atoms with Crippen molar-refractivity contribution < 1.29 is 14.3 Å². The molecule has 0 fully saturated rings. The molecule has 1 heterocycles. The highest BCUT2D eigenvalue weighted by Gasteiger charge is 2.08. The zero-order chi connectivity index (χ0) is 19.2. The minimum atomic E-state index is -0.262. The van der Waals surface area contributed by atoms with Crippen molar-refractivity contribution in [3.05, 3.63) is 71.4 Å². The quantitative estimate of drug-likeness (QED) is 0.642. The van der Waals surface area contributed by atoms with Crippen molar-refractivity contribution in [1.29, 1.82) is 0 Å². The number of benzene rings is 2. The number of nitrogens with zero attached hydrogens (tertiary/aromatic N) is 1. The molecule has 27 heavy (non-hydrogen) atoms. The van der Waals surface area contributed by atoms with Crippen LogP contribution in [0.1, 0.15) is 10.4 Å². The van der Waals surface area contributed by atoms with E-state index < -0.39 is 0 Å². The number of hydrogen-bond donors (Lipinski definition) is 2. The second-order valence-electron chi connectivity index (χ2n) is 5.59. The Labute approximate surface area is 162 Å². The average Bonchev–Trinajstić information content (AvgIpc) is 2.68. The van der Waals surface area contributed by atoms with E-state index in [9.17, 15) is 4.79 Å². The first-order chi connectivity index (χ1) is 13.1. The summed E-state index contributed by atoms with van der Waals surface area (Å²) in [5.74, 6) is 1.59. The van der Waals surface area contributed by atoms with Crippen molar-refractivity contribution in [2.45, 2.75) is 0 Å². The molecule has 2 aromatic carbocycles. The molecule has 3 rings (SSSR count). The summed E-state index contributed by atoms with van der Waals surface area (Å²) < 4.78 is 10.5. The number of halogens is 1. The van der Waals surface area contributed by atoms with E-state index in [0.29, 0.717) is 33.6 Å². The van der Waals surface area contributed by atoms with Crippen molar-refractivity contribution in [2.24, 2.45) is 0 Å².